The maximum absolute atomic E-state index is 12.9. The van der Waals surface area contributed by atoms with Gasteiger partial charge < -0.3 is 29.2 Å². The number of anilines is 1. The number of nitrogens with one attached hydrogen (secondary N) is 4. The number of aliphatic hydroxyl groups excluding tert-OH is 2. The summed E-state index contributed by atoms with van der Waals surface area (Å²) < 4.78 is 23.8. The number of aromatic amines is 1. The minimum absolute atomic E-state index is 0.0324. The van der Waals surface area contributed by atoms with Crippen molar-refractivity contribution in [1.82, 2.24) is 29.7 Å². The molecule has 2 aromatic heterocycles. The lowest BCUT2D eigenvalue weighted by atomic mass is 10.1. The van der Waals surface area contributed by atoms with Crippen LogP contribution >= 0.6 is 0 Å². The lowest BCUT2D eigenvalue weighted by molar-refractivity contribution is -0.118. The minimum Gasteiger partial charge on any atom is -0.444 e. The highest BCUT2D eigenvalue weighted by molar-refractivity contribution is 5.99. The van der Waals surface area contributed by atoms with Gasteiger partial charge in [-0.2, -0.15) is 4.98 Å². The Morgan fingerprint density at radius 2 is 1.83 bits per heavy atom. The molecule has 0 bridgehead atoms. The summed E-state index contributed by atoms with van der Waals surface area (Å²) in [4.78, 5) is 61.8. The van der Waals surface area contributed by atoms with Crippen molar-refractivity contribution in [2.45, 2.75) is 97.6 Å². The molecule has 18 nitrogen and oxygen atoms in total. The summed E-state index contributed by atoms with van der Waals surface area (Å²) in [6.07, 6.45) is -5.03. The van der Waals surface area contributed by atoms with Crippen LogP contribution in [0.5, 0.6) is 0 Å². The Kier molecular flexibility index (Phi) is 11.5. The lowest BCUT2D eigenvalue weighted by Gasteiger charge is -2.28. The number of H-pyrrole nitrogens is 1. The van der Waals surface area contributed by atoms with Crippen LogP contribution in [0.15, 0.2) is 11.1 Å². The molecule has 0 unspecified atom stereocenters. The number of imidazole rings is 1. The van der Waals surface area contributed by atoms with Crippen molar-refractivity contribution < 1.29 is 43.5 Å². The summed E-state index contributed by atoms with van der Waals surface area (Å²) in [6, 6.07) is 0. The highest BCUT2D eigenvalue weighted by Gasteiger charge is 2.46. The molecule has 1 saturated heterocycles. The normalized spacial score (nSPS) is 20.1. The van der Waals surface area contributed by atoms with Gasteiger partial charge in [-0.1, -0.05) is 13.8 Å². The van der Waals surface area contributed by atoms with E-state index in [0.29, 0.717) is 0 Å². The van der Waals surface area contributed by atoms with E-state index in [1.54, 1.807) is 55.4 Å². The zero-order chi connectivity index (χ0) is 34.6. The molecule has 3 amide bonds. The SMILES string of the molecule is CC(C)C(=O)Nc1nc2c(ncn2[C@@H]2O[C@H](CO)[C@@H](O)[C@H]2OCCCN(C(=N)NC(=O)OC(C)(C)C)C(=O)OC(C)(C)C)c(=O)[nH]1. The van der Waals surface area contributed by atoms with Crippen LogP contribution in [-0.2, 0) is 23.7 Å². The number of ether oxygens (including phenoxy) is 4. The van der Waals surface area contributed by atoms with Crippen molar-refractivity contribution in [1.29, 1.82) is 5.41 Å². The van der Waals surface area contributed by atoms with E-state index >= 15 is 0 Å². The number of fused-ring (bicyclic) bond motifs is 1. The summed E-state index contributed by atoms with van der Waals surface area (Å²) in [6.45, 7) is 12.5. The van der Waals surface area contributed by atoms with E-state index in [1.807, 2.05) is 0 Å². The lowest BCUT2D eigenvalue weighted by Crippen LogP contribution is -2.50. The van der Waals surface area contributed by atoms with Crippen molar-refractivity contribution in [2.24, 2.45) is 5.92 Å². The molecule has 6 N–H and O–H groups in total. The number of nitrogens with zero attached hydrogens (tertiary/aromatic N) is 4. The average Bonchev–Trinajstić information content (AvgIpc) is 3.46. The molecule has 0 aliphatic carbocycles. The van der Waals surface area contributed by atoms with Gasteiger partial charge in [0.25, 0.3) is 5.56 Å². The molecule has 0 saturated carbocycles. The number of amides is 3. The Labute approximate surface area is 265 Å². The molecule has 3 heterocycles. The molecule has 1 aliphatic rings. The smallest absolute Gasteiger partial charge is 0.417 e. The molecule has 0 radical (unpaired) electrons. The number of aliphatic hydroxyl groups is 2. The number of guanidine groups is 1. The second kappa shape index (κ2) is 14.5. The van der Waals surface area contributed by atoms with E-state index in [0.717, 1.165) is 4.90 Å². The van der Waals surface area contributed by atoms with Gasteiger partial charge in [-0.05, 0) is 48.0 Å². The zero-order valence-corrected chi connectivity index (χ0v) is 27.2. The van der Waals surface area contributed by atoms with E-state index in [-0.39, 0.29) is 48.5 Å². The Morgan fingerprint density at radius 3 is 2.41 bits per heavy atom. The van der Waals surface area contributed by atoms with Crippen LogP contribution in [0.2, 0.25) is 0 Å². The molecule has 0 spiro atoms. The highest BCUT2D eigenvalue weighted by Crippen LogP contribution is 2.33. The van der Waals surface area contributed by atoms with Crippen LogP contribution in [0, 0.1) is 11.3 Å². The summed E-state index contributed by atoms with van der Waals surface area (Å²) in [7, 11) is 0. The highest BCUT2D eigenvalue weighted by atomic mass is 16.6. The largest absolute Gasteiger partial charge is 0.444 e. The average molecular weight is 653 g/mol. The van der Waals surface area contributed by atoms with E-state index in [2.05, 4.69) is 25.6 Å². The van der Waals surface area contributed by atoms with Gasteiger partial charge in [0.1, 0.15) is 29.5 Å². The fraction of sp³-hybridized carbons (Fsp3) is 0.679. The monoisotopic (exact) mass is 652 g/mol. The number of carbonyl (C=O) groups excluding carboxylic acids is 3. The molecule has 256 valence electrons. The van der Waals surface area contributed by atoms with Crippen molar-refractivity contribution in [2.75, 3.05) is 25.1 Å². The fourth-order valence-electron chi connectivity index (χ4n) is 4.23. The first-order chi connectivity index (χ1) is 21.3. The Morgan fingerprint density at radius 1 is 1.17 bits per heavy atom. The standard InChI is InChI=1S/C28H44N8O10/c1-14(2)20(39)32-24-31-19-16(21(40)33-24)30-13-36(19)22-18(17(38)15(12-37)44-22)43-11-9-10-35(26(42)46-28(6,7)8)23(29)34-25(41)45-27(3,4)5/h13-15,17-18,22,37-38H,9-12H2,1-8H3,(H2,29,34,41)(H2,31,32,33,39,40)/t15-,17-,18-,22-/m1/s1. The first kappa shape index (κ1) is 36.3. The summed E-state index contributed by atoms with van der Waals surface area (Å²) in [5.74, 6) is -1.45. The quantitative estimate of drug-likeness (QED) is 0.128. The summed E-state index contributed by atoms with van der Waals surface area (Å²) in [5.41, 5.74) is -2.38. The summed E-state index contributed by atoms with van der Waals surface area (Å²) in [5, 5.41) is 33.8. The number of hydrogen-bond donors (Lipinski definition) is 6. The molecule has 18 heteroatoms. The zero-order valence-electron chi connectivity index (χ0n) is 27.2. The number of hydrogen-bond acceptors (Lipinski definition) is 13. The number of carbonyl (C=O) groups is 3. The molecular weight excluding hydrogens is 608 g/mol. The van der Waals surface area contributed by atoms with Gasteiger partial charge in [0.05, 0.1) is 12.9 Å². The predicted octanol–water partition coefficient (Wildman–Crippen LogP) is 1.44. The number of alkyl carbamates (subject to hydrolysis) is 1. The van der Waals surface area contributed by atoms with Crippen molar-refractivity contribution >= 4 is 41.2 Å². The topological polar surface area (TPSA) is 243 Å². The molecule has 46 heavy (non-hydrogen) atoms. The second-order valence-electron chi connectivity index (χ2n) is 12.9. The Bertz CT molecular complexity index is 1480. The van der Waals surface area contributed by atoms with Gasteiger partial charge in [0.15, 0.2) is 17.4 Å². The van der Waals surface area contributed by atoms with Gasteiger partial charge in [-0.3, -0.25) is 35.2 Å². The van der Waals surface area contributed by atoms with E-state index in [9.17, 15) is 29.4 Å². The third-order valence-corrected chi connectivity index (χ3v) is 6.30. The van der Waals surface area contributed by atoms with Crippen LogP contribution in [0.4, 0.5) is 15.5 Å². The second-order valence-corrected chi connectivity index (χ2v) is 12.9. The van der Waals surface area contributed by atoms with Gasteiger partial charge in [-0.25, -0.2) is 19.5 Å². The van der Waals surface area contributed by atoms with Crippen molar-refractivity contribution in [3.8, 4) is 0 Å². The van der Waals surface area contributed by atoms with Crippen LogP contribution in [0.3, 0.4) is 0 Å². The van der Waals surface area contributed by atoms with Gasteiger partial charge in [0.2, 0.25) is 17.8 Å². The van der Waals surface area contributed by atoms with Crippen LogP contribution in [0.25, 0.3) is 11.2 Å². The molecule has 2 aromatic rings. The Balaban J connectivity index is 1.78. The molecule has 0 aromatic carbocycles. The number of aromatic nitrogens is 4. The van der Waals surface area contributed by atoms with Crippen LogP contribution in [0.1, 0.15) is 68.0 Å². The van der Waals surface area contributed by atoms with Crippen LogP contribution < -0.4 is 16.2 Å². The number of rotatable bonds is 9. The van der Waals surface area contributed by atoms with Gasteiger partial charge in [0, 0.05) is 19.1 Å². The third kappa shape index (κ3) is 9.44. The Hall–Kier alpha value is -4.13. The van der Waals surface area contributed by atoms with E-state index in [1.165, 1.54) is 10.9 Å². The van der Waals surface area contributed by atoms with Crippen LogP contribution in [-0.4, -0.2) is 108 Å². The van der Waals surface area contributed by atoms with Gasteiger partial charge >= 0.3 is 12.2 Å². The van der Waals surface area contributed by atoms with E-state index < -0.39 is 66.1 Å². The maximum Gasteiger partial charge on any atom is 0.417 e. The first-order valence-corrected chi connectivity index (χ1v) is 14.7. The summed E-state index contributed by atoms with van der Waals surface area (Å²) >= 11 is 0. The molecule has 1 fully saturated rings. The molecule has 3 rings (SSSR count). The van der Waals surface area contributed by atoms with Gasteiger partial charge in [-0.15, -0.1) is 0 Å². The predicted molar refractivity (Wildman–Crippen MR) is 163 cm³/mol. The first-order valence-electron chi connectivity index (χ1n) is 14.7. The van der Waals surface area contributed by atoms with Crippen molar-refractivity contribution in [3.05, 3.63) is 16.7 Å². The van der Waals surface area contributed by atoms with Crippen molar-refractivity contribution in [3.63, 3.8) is 0 Å². The molecular formula is C28H44N8O10. The molecule has 1 aliphatic heterocycles. The maximum atomic E-state index is 12.9. The molecule has 4 atom stereocenters. The minimum atomic E-state index is -1.32. The third-order valence-electron chi connectivity index (χ3n) is 6.30. The van der Waals surface area contributed by atoms with E-state index in [4.69, 9.17) is 24.4 Å². The fourth-order valence-corrected chi connectivity index (χ4v) is 4.23.